The summed E-state index contributed by atoms with van der Waals surface area (Å²) >= 11 is 3.41. The summed E-state index contributed by atoms with van der Waals surface area (Å²) < 4.78 is 6.77. The number of furan rings is 1. The molecule has 0 bridgehead atoms. The van der Waals surface area contributed by atoms with Crippen LogP contribution in [0.25, 0.3) is 17.4 Å². The quantitative estimate of drug-likeness (QED) is 0.392. The second-order valence-electron chi connectivity index (χ2n) is 7.47. The number of hydrazone groups is 1. The zero-order chi connectivity index (χ0) is 22.6. The van der Waals surface area contributed by atoms with Crippen molar-refractivity contribution in [1.29, 1.82) is 0 Å². The summed E-state index contributed by atoms with van der Waals surface area (Å²) in [5.74, 6) is 0.110. The average molecular weight is 490 g/mol. The molecule has 2 aromatic carbocycles. The molecule has 2 aliphatic rings. The van der Waals surface area contributed by atoms with Crippen molar-refractivity contribution in [1.82, 2.24) is 4.90 Å². The Labute approximate surface area is 191 Å². The fraction of sp³-hybridized carbons (Fsp3) is 0.0833. The Bertz CT molecular complexity index is 1390. The second-order valence-corrected chi connectivity index (χ2v) is 8.39. The number of hydrogen-bond donors (Lipinski definition) is 0. The number of halogens is 1. The van der Waals surface area contributed by atoms with Gasteiger partial charge in [0.05, 0.1) is 28.1 Å². The number of carbonyl (C=O) groups excluding carboxylic acids is 3. The molecule has 0 N–H and O–H groups in total. The van der Waals surface area contributed by atoms with Crippen molar-refractivity contribution in [3.8, 4) is 11.3 Å². The third-order valence-electron chi connectivity index (χ3n) is 5.40. The Morgan fingerprint density at radius 3 is 2.50 bits per heavy atom. The summed E-state index contributed by atoms with van der Waals surface area (Å²) in [5.41, 5.74) is 3.08. The highest BCUT2D eigenvalue weighted by atomic mass is 79.9. The zero-order valence-corrected chi connectivity index (χ0v) is 18.7. The smallest absolute Gasteiger partial charge is 0.280 e. The van der Waals surface area contributed by atoms with Crippen LogP contribution in [0.1, 0.15) is 33.4 Å². The van der Waals surface area contributed by atoms with E-state index in [9.17, 15) is 14.4 Å². The van der Waals surface area contributed by atoms with Gasteiger partial charge in [-0.3, -0.25) is 19.3 Å². The van der Waals surface area contributed by atoms with E-state index in [1.165, 1.54) is 12.1 Å². The number of imide groups is 1. The molecular weight excluding hydrogens is 474 g/mol. The molecule has 0 spiro atoms. The summed E-state index contributed by atoms with van der Waals surface area (Å²) in [6.07, 6.45) is 1.65. The van der Waals surface area contributed by atoms with Gasteiger partial charge in [0, 0.05) is 17.1 Å². The van der Waals surface area contributed by atoms with Crippen LogP contribution in [0.3, 0.4) is 0 Å². The first kappa shape index (κ1) is 20.1. The summed E-state index contributed by atoms with van der Waals surface area (Å²) in [6.45, 7) is 1.77. The number of rotatable bonds is 3. The Morgan fingerprint density at radius 1 is 0.938 bits per heavy atom. The molecule has 0 fully saturated rings. The van der Waals surface area contributed by atoms with Crippen LogP contribution in [0.5, 0.6) is 0 Å². The number of anilines is 1. The number of fused-ring (bicyclic) bond motifs is 1. The lowest BCUT2D eigenvalue weighted by atomic mass is 10.0. The molecule has 0 atom stereocenters. The number of nitrogens with zero attached hydrogens (tertiary/aromatic N) is 3. The van der Waals surface area contributed by atoms with Crippen LogP contribution in [-0.4, -0.2) is 35.4 Å². The molecule has 5 rings (SSSR count). The molecule has 0 unspecified atom stereocenters. The molecule has 158 valence electrons. The molecule has 3 heterocycles. The Morgan fingerprint density at radius 2 is 1.72 bits per heavy atom. The molecule has 32 heavy (non-hydrogen) atoms. The number of carbonyl (C=O) groups is 3. The van der Waals surface area contributed by atoms with E-state index in [0.717, 1.165) is 9.37 Å². The highest BCUT2D eigenvalue weighted by molar-refractivity contribution is 9.10. The summed E-state index contributed by atoms with van der Waals surface area (Å²) in [4.78, 5) is 38.4. The molecule has 0 saturated carbocycles. The lowest BCUT2D eigenvalue weighted by Crippen LogP contribution is -2.24. The number of amides is 3. The van der Waals surface area contributed by atoms with Gasteiger partial charge in [0.15, 0.2) is 0 Å². The van der Waals surface area contributed by atoms with Crippen molar-refractivity contribution < 1.29 is 18.8 Å². The molecule has 3 amide bonds. The van der Waals surface area contributed by atoms with Gasteiger partial charge in [0.2, 0.25) is 0 Å². The molecule has 2 aliphatic heterocycles. The van der Waals surface area contributed by atoms with E-state index >= 15 is 0 Å². The Kier molecular flexibility index (Phi) is 4.67. The van der Waals surface area contributed by atoms with Gasteiger partial charge in [0.1, 0.15) is 11.5 Å². The van der Waals surface area contributed by atoms with Gasteiger partial charge in [-0.2, -0.15) is 10.1 Å². The largest absolute Gasteiger partial charge is 0.457 e. The van der Waals surface area contributed by atoms with Crippen molar-refractivity contribution in [3.63, 3.8) is 0 Å². The number of benzene rings is 2. The predicted molar refractivity (Wildman–Crippen MR) is 123 cm³/mol. The summed E-state index contributed by atoms with van der Waals surface area (Å²) in [7, 11) is 1.46. The number of hydrogen-bond acceptors (Lipinski definition) is 5. The minimum atomic E-state index is -0.336. The van der Waals surface area contributed by atoms with Crippen LogP contribution >= 0.6 is 15.9 Å². The molecular formula is C24H16BrN3O4. The molecule has 1 aromatic heterocycles. The van der Waals surface area contributed by atoms with Crippen molar-refractivity contribution >= 4 is 51.1 Å². The standard InChI is InChI=1S/C24H16BrN3O4/c1-13-19(24(31)28(26-13)16-5-3-4-15(25)11-16)12-17-7-9-21(32-17)14-6-8-18-20(10-14)23(30)27(2)22(18)29/h3-12H,1-2H3/b19-12+. The third kappa shape index (κ3) is 3.20. The monoisotopic (exact) mass is 489 g/mol. The van der Waals surface area contributed by atoms with E-state index in [0.29, 0.717) is 45.2 Å². The normalized spacial score (nSPS) is 16.9. The van der Waals surface area contributed by atoms with Gasteiger partial charge in [-0.25, -0.2) is 0 Å². The minimum absolute atomic E-state index is 0.247. The second kappa shape index (κ2) is 7.42. The van der Waals surface area contributed by atoms with E-state index in [1.54, 1.807) is 43.3 Å². The maximum Gasteiger partial charge on any atom is 0.280 e. The average Bonchev–Trinajstić information content (AvgIpc) is 3.43. The van der Waals surface area contributed by atoms with Crippen LogP contribution in [-0.2, 0) is 4.79 Å². The Balaban J connectivity index is 1.44. The topological polar surface area (TPSA) is 83.2 Å². The molecule has 0 saturated heterocycles. The van der Waals surface area contributed by atoms with E-state index in [1.807, 2.05) is 24.3 Å². The van der Waals surface area contributed by atoms with Crippen molar-refractivity contribution in [2.24, 2.45) is 5.10 Å². The van der Waals surface area contributed by atoms with Gasteiger partial charge < -0.3 is 4.42 Å². The van der Waals surface area contributed by atoms with Crippen molar-refractivity contribution in [3.05, 3.63) is 81.5 Å². The summed E-state index contributed by atoms with van der Waals surface area (Å²) in [5, 5.41) is 5.74. The molecule has 8 heteroatoms. The first-order chi connectivity index (χ1) is 15.3. The van der Waals surface area contributed by atoms with Gasteiger partial charge in [-0.15, -0.1) is 0 Å². The molecule has 0 aliphatic carbocycles. The third-order valence-corrected chi connectivity index (χ3v) is 5.90. The zero-order valence-electron chi connectivity index (χ0n) is 17.1. The van der Waals surface area contributed by atoms with Crippen LogP contribution in [0.2, 0.25) is 0 Å². The van der Waals surface area contributed by atoms with Crippen LogP contribution in [0.15, 0.2) is 74.2 Å². The summed E-state index contributed by atoms with van der Waals surface area (Å²) in [6, 6.07) is 15.9. The van der Waals surface area contributed by atoms with Gasteiger partial charge in [-0.1, -0.05) is 28.1 Å². The highest BCUT2D eigenvalue weighted by Gasteiger charge is 2.33. The van der Waals surface area contributed by atoms with Crippen LogP contribution in [0.4, 0.5) is 5.69 Å². The minimum Gasteiger partial charge on any atom is -0.457 e. The fourth-order valence-electron chi connectivity index (χ4n) is 3.71. The van der Waals surface area contributed by atoms with Gasteiger partial charge in [-0.05, 0) is 55.5 Å². The van der Waals surface area contributed by atoms with E-state index in [-0.39, 0.29) is 17.7 Å². The predicted octanol–water partition coefficient (Wildman–Crippen LogP) is 4.74. The molecule has 0 radical (unpaired) electrons. The lowest BCUT2D eigenvalue weighted by molar-refractivity contribution is -0.114. The first-order valence-electron chi connectivity index (χ1n) is 9.77. The fourth-order valence-corrected chi connectivity index (χ4v) is 4.10. The van der Waals surface area contributed by atoms with E-state index in [4.69, 9.17) is 4.42 Å². The molecule has 3 aromatic rings. The van der Waals surface area contributed by atoms with Crippen molar-refractivity contribution in [2.45, 2.75) is 6.92 Å². The Hall–Kier alpha value is -3.78. The molecule has 7 nitrogen and oxygen atoms in total. The lowest BCUT2D eigenvalue weighted by Gasteiger charge is -2.11. The van der Waals surface area contributed by atoms with E-state index < -0.39 is 0 Å². The van der Waals surface area contributed by atoms with Gasteiger partial charge >= 0.3 is 0 Å². The first-order valence-corrected chi connectivity index (χ1v) is 10.6. The van der Waals surface area contributed by atoms with Crippen molar-refractivity contribution in [2.75, 3.05) is 12.1 Å². The van der Waals surface area contributed by atoms with Crippen LogP contribution < -0.4 is 5.01 Å². The van der Waals surface area contributed by atoms with Crippen LogP contribution in [0, 0.1) is 0 Å². The van der Waals surface area contributed by atoms with Gasteiger partial charge in [0.25, 0.3) is 17.7 Å². The maximum absolute atomic E-state index is 12.9. The maximum atomic E-state index is 12.9. The van der Waals surface area contributed by atoms with E-state index in [2.05, 4.69) is 21.0 Å². The SMILES string of the molecule is CC1=NN(c2cccc(Br)c2)C(=O)/C1=C/c1ccc(-c2ccc3c(c2)C(=O)N(C)C3=O)o1. The highest BCUT2D eigenvalue weighted by Crippen LogP contribution is 2.31.